The Morgan fingerprint density at radius 2 is 1.82 bits per heavy atom. The van der Waals surface area contributed by atoms with Crippen molar-refractivity contribution >= 4 is 28.5 Å². The summed E-state index contributed by atoms with van der Waals surface area (Å²) in [6.07, 6.45) is 2.82. The SMILES string of the molecule is O=C(Cn1cnc2c(cnn2-c2ccc(Cl)cc2)c1=O)NCc1ccccc1. The monoisotopic (exact) mass is 393 g/mol. The molecular formula is C20H16ClN5O2. The molecule has 1 N–H and O–H groups in total. The van der Waals surface area contributed by atoms with Crippen molar-refractivity contribution in [2.45, 2.75) is 13.1 Å². The molecule has 4 rings (SSSR count). The number of amides is 1. The van der Waals surface area contributed by atoms with Crippen LogP contribution in [0.25, 0.3) is 16.7 Å². The molecule has 0 aliphatic carbocycles. The van der Waals surface area contributed by atoms with E-state index in [-0.39, 0.29) is 18.0 Å². The third-order valence-corrected chi connectivity index (χ3v) is 4.52. The molecule has 0 atom stereocenters. The topological polar surface area (TPSA) is 81.8 Å². The fourth-order valence-corrected chi connectivity index (χ4v) is 2.97. The molecule has 0 unspecified atom stereocenters. The highest BCUT2D eigenvalue weighted by molar-refractivity contribution is 6.30. The molecule has 1 amide bonds. The first-order valence-corrected chi connectivity index (χ1v) is 8.99. The summed E-state index contributed by atoms with van der Waals surface area (Å²) in [5.41, 5.74) is 1.83. The molecule has 0 saturated carbocycles. The van der Waals surface area contributed by atoms with E-state index in [4.69, 9.17) is 11.6 Å². The zero-order valence-electron chi connectivity index (χ0n) is 14.7. The van der Waals surface area contributed by atoms with Gasteiger partial charge in [-0.1, -0.05) is 41.9 Å². The van der Waals surface area contributed by atoms with E-state index >= 15 is 0 Å². The van der Waals surface area contributed by atoms with E-state index < -0.39 is 0 Å². The largest absolute Gasteiger partial charge is 0.350 e. The summed E-state index contributed by atoms with van der Waals surface area (Å²) in [4.78, 5) is 29.2. The number of nitrogens with one attached hydrogen (secondary N) is 1. The fraction of sp³-hybridized carbons (Fsp3) is 0.100. The van der Waals surface area contributed by atoms with Crippen molar-refractivity contribution in [3.05, 3.63) is 88.1 Å². The van der Waals surface area contributed by atoms with Crippen LogP contribution in [-0.2, 0) is 17.9 Å². The molecule has 0 saturated heterocycles. The molecule has 0 fully saturated rings. The number of carbonyl (C=O) groups is 1. The molecule has 28 heavy (non-hydrogen) atoms. The highest BCUT2D eigenvalue weighted by atomic mass is 35.5. The molecule has 0 radical (unpaired) electrons. The van der Waals surface area contributed by atoms with Crippen LogP contribution in [0.1, 0.15) is 5.56 Å². The van der Waals surface area contributed by atoms with Crippen molar-refractivity contribution in [1.82, 2.24) is 24.6 Å². The van der Waals surface area contributed by atoms with Crippen molar-refractivity contribution in [3.63, 3.8) is 0 Å². The Kier molecular flexibility index (Phi) is 4.90. The number of fused-ring (bicyclic) bond motifs is 1. The van der Waals surface area contributed by atoms with E-state index in [1.807, 2.05) is 30.3 Å². The lowest BCUT2D eigenvalue weighted by atomic mass is 10.2. The molecule has 4 aromatic rings. The number of carbonyl (C=O) groups excluding carboxylic acids is 1. The number of hydrogen-bond donors (Lipinski definition) is 1. The van der Waals surface area contributed by atoms with E-state index in [1.165, 1.54) is 17.1 Å². The van der Waals surface area contributed by atoms with Gasteiger partial charge in [0.15, 0.2) is 5.65 Å². The predicted molar refractivity (Wildman–Crippen MR) is 106 cm³/mol. The third-order valence-electron chi connectivity index (χ3n) is 4.27. The molecule has 7 nitrogen and oxygen atoms in total. The van der Waals surface area contributed by atoms with Gasteiger partial charge in [0.2, 0.25) is 5.91 Å². The van der Waals surface area contributed by atoms with Gasteiger partial charge in [-0.05, 0) is 29.8 Å². The highest BCUT2D eigenvalue weighted by Gasteiger charge is 2.13. The van der Waals surface area contributed by atoms with Gasteiger partial charge >= 0.3 is 0 Å². The van der Waals surface area contributed by atoms with Crippen LogP contribution in [0.15, 0.2) is 71.9 Å². The quantitative estimate of drug-likeness (QED) is 0.565. The van der Waals surface area contributed by atoms with Crippen LogP contribution in [0.4, 0.5) is 0 Å². The van der Waals surface area contributed by atoms with E-state index in [0.717, 1.165) is 11.3 Å². The molecule has 0 aliphatic heterocycles. The number of halogens is 1. The summed E-state index contributed by atoms with van der Waals surface area (Å²) < 4.78 is 2.84. The van der Waals surface area contributed by atoms with Gasteiger partial charge in [-0.3, -0.25) is 14.2 Å². The van der Waals surface area contributed by atoms with Crippen molar-refractivity contribution in [2.75, 3.05) is 0 Å². The van der Waals surface area contributed by atoms with Crippen molar-refractivity contribution in [1.29, 1.82) is 0 Å². The number of rotatable bonds is 5. The third kappa shape index (κ3) is 3.65. The van der Waals surface area contributed by atoms with E-state index in [9.17, 15) is 9.59 Å². The Morgan fingerprint density at radius 3 is 2.57 bits per heavy atom. The Hall–Kier alpha value is -3.45. The summed E-state index contributed by atoms with van der Waals surface area (Å²) in [7, 11) is 0. The van der Waals surface area contributed by atoms with Crippen molar-refractivity contribution in [3.8, 4) is 5.69 Å². The standard InChI is InChI=1S/C20H16ClN5O2/c21-15-6-8-16(9-7-15)26-19-17(11-24-26)20(28)25(13-23-19)12-18(27)22-10-14-4-2-1-3-5-14/h1-9,11,13H,10,12H2,(H,22,27). The van der Waals surface area contributed by atoms with Crippen LogP contribution in [0.5, 0.6) is 0 Å². The molecule has 0 aliphatic rings. The maximum atomic E-state index is 12.7. The molecule has 2 heterocycles. The molecule has 2 aromatic heterocycles. The lowest BCUT2D eigenvalue weighted by molar-refractivity contribution is -0.121. The molecule has 2 aromatic carbocycles. The minimum absolute atomic E-state index is 0.110. The van der Waals surface area contributed by atoms with Gasteiger partial charge in [0.05, 0.1) is 11.9 Å². The zero-order valence-corrected chi connectivity index (χ0v) is 15.5. The minimum atomic E-state index is -0.319. The van der Waals surface area contributed by atoms with Crippen LogP contribution in [-0.4, -0.2) is 25.2 Å². The van der Waals surface area contributed by atoms with Gasteiger partial charge < -0.3 is 5.32 Å². The van der Waals surface area contributed by atoms with Crippen LogP contribution >= 0.6 is 11.6 Å². The fourth-order valence-electron chi connectivity index (χ4n) is 2.84. The normalized spacial score (nSPS) is 10.9. The van der Waals surface area contributed by atoms with Gasteiger partial charge in [-0.15, -0.1) is 0 Å². The van der Waals surface area contributed by atoms with E-state index in [1.54, 1.807) is 28.9 Å². The number of aromatic nitrogens is 4. The van der Waals surface area contributed by atoms with Crippen LogP contribution < -0.4 is 10.9 Å². The van der Waals surface area contributed by atoms with Crippen LogP contribution in [0.2, 0.25) is 5.02 Å². The second-order valence-corrected chi connectivity index (χ2v) is 6.65. The average Bonchev–Trinajstić information content (AvgIpc) is 3.15. The van der Waals surface area contributed by atoms with Gasteiger partial charge in [0.25, 0.3) is 5.56 Å². The molecule has 0 spiro atoms. The van der Waals surface area contributed by atoms with Crippen molar-refractivity contribution in [2.24, 2.45) is 0 Å². The number of benzene rings is 2. The first kappa shape index (κ1) is 17.9. The zero-order chi connectivity index (χ0) is 19.5. The Balaban J connectivity index is 1.54. The number of hydrogen-bond acceptors (Lipinski definition) is 4. The second-order valence-electron chi connectivity index (χ2n) is 6.21. The summed E-state index contributed by atoms with van der Waals surface area (Å²) in [6.45, 7) is 0.291. The Morgan fingerprint density at radius 1 is 1.07 bits per heavy atom. The summed E-state index contributed by atoms with van der Waals surface area (Å²) in [5.74, 6) is -0.266. The summed E-state index contributed by atoms with van der Waals surface area (Å²) in [5, 5.41) is 8.00. The molecule has 8 heteroatoms. The molecule has 0 bridgehead atoms. The van der Waals surface area contributed by atoms with Gasteiger partial charge in [-0.25, -0.2) is 9.67 Å². The Bertz CT molecular complexity index is 1180. The number of nitrogens with zero attached hydrogens (tertiary/aromatic N) is 4. The first-order chi connectivity index (χ1) is 13.6. The average molecular weight is 394 g/mol. The van der Waals surface area contributed by atoms with E-state index in [2.05, 4.69) is 15.4 Å². The second kappa shape index (κ2) is 7.66. The van der Waals surface area contributed by atoms with Gasteiger partial charge in [0, 0.05) is 11.6 Å². The maximum absolute atomic E-state index is 12.7. The van der Waals surface area contributed by atoms with Gasteiger partial charge in [0.1, 0.15) is 18.3 Å². The smallest absolute Gasteiger partial charge is 0.264 e. The lowest BCUT2D eigenvalue weighted by Gasteiger charge is -2.08. The van der Waals surface area contributed by atoms with Crippen LogP contribution in [0, 0.1) is 0 Å². The predicted octanol–water partition coefficient (Wildman–Crippen LogP) is 2.55. The van der Waals surface area contributed by atoms with E-state index in [0.29, 0.717) is 22.6 Å². The van der Waals surface area contributed by atoms with Gasteiger partial charge in [-0.2, -0.15) is 5.10 Å². The minimum Gasteiger partial charge on any atom is -0.350 e. The summed E-state index contributed by atoms with van der Waals surface area (Å²) in [6, 6.07) is 16.6. The molecule has 140 valence electrons. The molecular weight excluding hydrogens is 378 g/mol. The first-order valence-electron chi connectivity index (χ1n) is 8.61. The lowest BCUT2D eigenvalue weighted by Crippen LogP contribution is -2.32. The van der Waals surface area contributed by atoms with Crippen molar-refractivity contribution < 1.29 is 4.79 Å². The van der Waals surface area contributed by atoms with Crippen LogP contribution in [0.3, 0.4) is 0 Å². The summed E-state index contributed by atoms with van der Waals surface area (Å²) >= 11 is 5.91. The highest BCUT2D eigenvalue weighted by Crippen LogP contribution is 2.16. The maximum Gasteiger partial charge on any atom is 0.264 e. The Labute approximate surface area is 165 Å².